The molecule has 1 aromatic carbocycles. The number of sulfonamides is 1. The number of rotatable bonds is 3. The molecule has 0 bridgehead atoms. The Morgan fingerprint density at radius 3 is 2.68 bits per heavy atom. The van der Waals surface area contributed by atoms with Crippen LogP contribution in [0, 0.1) is 0 Å². The van der Waals surface area contributed by atoms with Crippen LogP contribution >= 0.6 is 23.4 Å². The van der Waals surface area contributed by atoms with E-state index in [9.17, 15) is 8.42 Å². The molecule has 0 unspecified atom stereocenters. The van der Waals surface area contributed by atoms with Crippen molar-refractivity contribution >= 4 is 33.4 Å². The summed E-state index contributed by atoms with van der Waals surface area (Å²) in [6.45, 7) is 5.25. The largest absolute Gasteiger partial charge is 0.243 e. The van der Waals surface area contributed by atoms with E-state index in [1.807, 2.05) is 17.8 Å². The van der Waals surface area contributed by atoms with Gasteiger partial charge in [0.15, 0.2) is 0 Å². The van der Waals surface area contributed by atoms with Crippen LogP contribution in [0.2, 0.25) is 0 Å². The number of hydrogen-bond acceptors (Lipinski definition) is 3. The van der Waals surface area contributed by atoms with Crippen molar-refractivity contribution in [2.24, 2.45) is 0 Å². The maximum absolute atomic E-state index is 12.7. The number of benzene rings is 1. The molecule has 1 aliphatic rings. The van der Waals surface area contributed by atoms with Crippen molar-refractivity contribution < 1.29 is 8.42 Å². The summed E-state index contributed by atoms with van der Waals surface area (Å²) in [5.74, 6) is 1.04. The average Bonchev–Trinajstić information content (AvgIpc) is 2.37. The molecule has 0 atom stereocenters. The lowest BCUT2D eigenvalue weighted by Gasteiger charge is -2.36. The highest BCUT2D eigenvalue weighted by Crippen LogP contribution is 2.33. The fourth-order valence-corrected chi connectivity index (χ4v) is 5.63. The van der Waals surface area contributed by atoms with E-state index in [0.717, 1.165) is 5.75 Å². The first kappa shape index (κ1) is 15.2. The molecule has 0 saturated carbocycles. The summed E-state index contributed by atoms with van der Waals surface area (Å²) >= 11 is 7.66. The molecule has 1 aliphatic heterocycles. The molecular weight excluding hydrogens is 302 g/mol. The van der Waals surface area contributed by atoms with E-state index in [-0.39, 0.29) is 10.6 Å². The Morgan fingerprint density at radius 1 is 1.37 bits per heavy atom. The molecule has 1 saturated heterocycles. The predicted molar refractivity (Wildman–Crippen MR) is 81.3 cm³/mol. The molecule has 0 aromatic heterocycles. The van der Waals surface area contributed by atoms with Crippen molar-refractivity contribution in [1.82, 2.24) is 4.31 Å². The Hall–Kier alpha value is -0.230. The molecule has 0 amide bonds. The zero-order valence-corrected chi connectivity index (χ0v) is 13.5. The Kier molecular flexibility index (Phi) is 4.50. The van der Waals surface area contributed by atoms with E-state index < -0.39 is 10.0 Å². The molecule has 0 spiro atoms. The third-order valence-corrected chi connectivity index (χ3v) is 6.66. The van der Waals surface area contributed by atoms with Gasteiger partial charge in [0, 0.05) is 29.5 Å². The van der Waals surface area contributed by atoms with Crippen LogP contribution < -0.4 is 0 Å². The fourth-order valence-electron chi connectivity index (χ4n) is 2.18. The first-order chi connectivity index (χ1) is 8.87. The Balaban J connectivity index is 2.37. The number of nitrogens with zero attached hydrogens (tertiary/aromatic N) is 1. The Morgan fingerprint density at radius 2 is 2.05 bits per heavy atom. The van der Waals surface area contributed by atoms with Gasteiger partial charge in [0.1, 0.15) is 0 Å². The minimum absolute atomic E-state index is 0.0404. The summed E-state index contributed by atoms with van der Waals surface area (Å²) in [5, 5.41) is 0. The van der Waals surface area contributed by atoms with Gasteiger partial charge in [-0.3, -0.25) is 0 Å². The van der Waals surface area contributed by atoms with E-state index in [1.54, 1.807) is 22.5 Å². The summed E-state index contributed by atoms with van der Waals surface area (Å²) in [7, 11) is -3.44. The van der Waals surface area contributed by atoms with Crippen LogP contribution in [0.5, 0.6) is 0 Å². The van der Waals surface area contributed by atoms with Gasteiger partial charge in [0.05, 0.1) is 4.90 Å². The van der Waals surface area contributed by atoms with Gasteiger partial charge in [-0.1, -0.05) is 18.2 Å². The van der Waals surface area contributed by atoms with Gasteiger partial charge in [0.2, 0.25) is 10.0 Å². The molecule has 6 heteroatoms. The smallest absolute Gasteiger partial charge is 0.207 e. The molecule has 0 N–H and O–H groups in total. The maximum atomic E-state index is 12.7. The zero-order valence-electron chi connectivity index (χ0n) is 11.1. The van der Waals surface area contributed by atoms with Crippen molar-refractivity contribution in [2.75, 3.05) is 18.8 Å². The number of hydrogen-bond donors (Lipinski definition) is 0. The number of thioether (sulfide) groups is 1. The van der Waals surface area contributed by atoms with Crippen molar-refractivity contribution in [3.63, 3.8) is 0 Å². The normalized spacial score (nSPS) is 20.4. The third-order valence-electron chi connectivity index (χ3n) is 3.13. The Labute approximate surface area is 124 Å². The van der Waals surface area contributed by atoms with Gasteiger partial charge in [-0.25, -0.2) is 8.42 Å². The fraction of sp³-hybridized carbons (Fsp3) is 0.538. The lowest BCUT2D eigenvalue weighted by atomic mass is 10.2. The molecule has 19 heavy (non-hydrogen) atoms. The number of halogens is 1. The topological polar surface area (TPSA) is 37.4 Å². The van der Waals surface area contributed by atoms with Gasteiger partial charge in [-0.15, -0.1) is 11.6 Å². The van der Waals surface area contributed by atoms with E-state index in [2.05, 4.69) is 13.8 Å². The van der Waals surface area contributed by atoms with Gasteiger partial charge >= 0.3 is 0 Å². The summed E-state index contributed by atoms with van der Waals surface area (Å²) in [6, 6.07) is 6.96. The monoisotopic (exact) mass is 319 g/mol. The third kappa shape index (κ3) is 3.27. The molecule has 3 nitrogen and oxygen atoms in total. The first-order valence-corrected chi connectivity index (χ1v) is 9.11. The second-order valence-electron chi connectivity index (χ2n) is 5.19. The lowest BCUT2D eigenvalue weighted by molar-refractivity contribution is 0.387. The highest BCUT2D eigenvalue weighted by molar-refractivity contribution is 8.00. The Bertz CT molecular complexity index is 558. The van der Waals surface area contributed by atoms with Crippen LogP contribution in [0.1, 0.15) is 19.4 Å². The molecule has 0 aliphatic carbocycles. The molecule has 0 radical (unpaired) electrons. The van der Waals surface area contributed by atoms with Crippen LogP contribution in [-0.2, 0) is 15.9 Å². The minimum atomic E-state index is -3.44. The van der Waals surface area contributed by atoms with Crippen molar-refractivity contribution in [2.45, 2.75) is 29.4 Å². The average molecular weight is 320 g/mol. The maximum Gasteiger partial charge on any atom is 0.243 e. The molecule has 106 valence electrons. The standard InChI is InChI=1S/C13H18ClNO2S2/c1-13(2)10-15(7-8-18-13)19(16,17)12-6-4-3-5-11(12)9-14/h3-6H,7-10H2,1-2H3. The van der Waals surface area contributed by atoms with Gasteiger partial charge in [-0.2, -0.15) is 16.1 Å². The second kappa shape index (κ2) is 5.64. The molecule has 1 fully saturated rings. The van der Waals surface area contributed by atoms with Crippen LogP contribution in [0.4, 0.5) is 0 Å². The van der Waals surface area contributed by atoms with E-state index in [0.29, 0.717) is 23.5 Å². The summed E-state index contributed by atoms with van der Waals surface area (Å²) in [6.07, 6.45) is 0. The van der Waals surface area contributed by atoms with Crippen molar-refractivity contribution in [3.05, 3.63) is 29.8 Å². The van der Waals surface area contributed by atoms with Gasteiger partial charge in [-0.05, 0) is 25.5 Å². The van der Waals surface area contributed by atoms with Crippen LogP contribution in [-0.4, -0.2) is 36.3 Å². The molecule has 1 aromatic rings. The number of alkyl halides is 1. The van der Waals surface area contributed by atoms with Gasteiger partial charge < -0.3 is 0 Å². The predicted octanol–water partition coefficient (Wildman–Crippen LogP) is 2.94. The summed E-state index contributed by atoms with van der Waals surface area (Å²) in [5.41, 5.74) is 0.667. The summed E-state index contributed by atoms with van der Waals surface area (Å²) < 4.78 is 27.0. The quantitative estimate of drug-likeness (QED) is 0.804. The van der Waals surface area contributed by atoms with Gasteiger partial charge in [0.25, 0.3) is 0 Å². The highest BCUT2D eigenvalue weighted by Gasteiger charge is 2.35. The highest BCUT2D eigenvalue weighted by atomic mass is 35.5. The molecular formula is C13H18ClNO2S2. The van der Waals surface area contributed by atoms with E-state index in [4.69, 9.17) is 11.6 Å². The second-order valence-corrected chi connectivity index (χ2v) is 9.16. The molecule has 2 rings (SSSR count). The van der Waals surface area contributed by atoms with Crippen LogP contribution in [0.25, 0.3) is 0 Å². The first-order valence-electron chi connectivity index (χ1n) is 6.15. The van der Waals surface area contributed by atoms with E-state index >= 15 is 0 Å². The van der Waals surface area contributed by atoms with Crippen LogP contribution in [0.3, 0.4) is 0 Å². The van der Waals surface area contributed by atoms with Crippen molar-refractivity contribution in [1.29, 1.82) is 0 Å². The summed E-state index contributed by atoms with van der Waals surface area (Å²) in [4.78, 5) is 0.340. The van der Waals surface area contributed by atoms with Crippen molar-refractivity contribution in [3.8, 4) is 0 Å². The SMILES string of the molecule is CC1(C)CN(S(=O)(=O)c2ccccc2CCl)CCS1. The lowest BCUT2D eigenvalue weighted by Crippen LogP contribution is -2.46. The van der Waals surface area contributed by atoms with E-state index in [1.165, 1.54) is 0 Å². The minimum Gasteiger partial charge on any atom is -0.207 e. The van der Waals surface area contributed by atoms with Crippen LogP contribution in [0.15, 0.2) is 29.2 Å². The zero-order chi connectivity index (χ0) is 14.1. The molecule has 1 heterocycles.